The highest BCUT2D eigenvalue weighted by atomic mass is 35.5. The molecule has 0 fully saturated rings. The van der Waals surface area contributed by atoms with Crippen LogP contribution in [0.25, 0.3) is 5.82 Å². The highest BCUT2D eigenvalue weighted by Crippen LogP contribution is 2.25. The first-order chi connectivity index (χ1) is 15.8. The van der Waals surface area contributed by atoms with Gasteiger partial charge in [0.05, 0.1) is 16.4 Å². The number of nitrogens with two attached hydrogens (primary N) is 1. The van der Waals surface area contributed by atoms with Gasteiger partial charge in [0.25, 0.3) is 5.91 Å². The monoisotopic (exact) mass is 507 g/mol. The van der Waals surface area contributed by atoms with Crippen LogP contribution in [-0.2, 0) is 12.8 Å². The van der Waals surface area contributed by atoms with Gasteiger partial charge in [-0.2, -0.15) is 9.78 Å². The summed E-state index contributed by atoms with van der Waals surface area (Å²) in [4.78, 5) is 12.9. The summed E-state index contributed by atoms with van der Waals surface area (Å²) >= 11 is 13.4. The van der Waals surface area contributed by atoms with Gasteiger partial charge in [-0.05, 0) is 29.4 Å². The number of hydrazone groups is 1. The van der Waals surface area contributed by atoms with E-state index in [2.05, 4.69) is 46.0 Å². The Hall–Kier alpha value is -3.49. The van der Waals surface area contributed by atoms with E-state index in [9.17, 15) is 4.79 Å². The van der Waals surface area contributed by atoms with Crippen molar-refractivity contribution in [1.29, 1.82) is 0 Å². The molecule has 0 unspecified atom stereocenters. The topological polar surface area (TPSA) is 168 Å². The minimum absolute atomic E-state index is 0.00539. The first-order valence-corrected chi connectivity index (χ1v) is 10.9. The van der Waals surface area contributed by atoms with E-state index in [0.717, 1.165) is 0 Å². The number of nitrogen functional groups attached to an aromatic ring is 1. The predicted octanol–water partition coefficient (Wildman–Crippen LogP) is 2.11. The third-order valence-electron chi connectivity index (χ3n) is 4.33. The summed E-state index contributed by atoms with van der Waals surface area (Å²) in [6, 6.07) is 4.96. The maximum Gasteiger partial charge on any atom is 0.293 e. The standard InChI is InChI=1S/C17H15Cl2N11O2S/c1-8(10-4-3-9(18)5-11(10)19)22-24-16(31)13-12(6-33-17-25-21-7-29(17)2)30(28-23-13)15-14(20)26-32-27-15/h3-5,7H,6H2,1-2H3,(H2,20,26)(H,24,31). The van der Waals surface area contributed by atoms with E-state index in [1.165, 1.54) is 16.4 Å². The number of nitrogens with zero attached hydrogens (tertiary/aromatic N) is 9. The molecule has 4 aromatic rings. The molecule has 1 aromatic carbocycles. The van der Waals surface area contributed by atoms with Crippen LogP contribution in [0.2, 0.25) is 10.0 Å². The third kappa shape index (κ3) is 4.81. The average molecular weight is 508 g/mol. The van der Waals surface area contributed by atoms with Crippen molar-refractivity contribution in [2.24, 2.45) is 12.1 Å². The first kappa shape index (κ1) is 22.7. The molecule has 33 heavy (non-hydrogen) atoms. The second kappa shape index (κ2) is 9.56. The van der Waals surface area contributed by atoms with E-state index in [0.29, 0.717) is 32.2 Å². The molecule has 0 aliphatic heterocycles. The van der Waals surface area contributed by atoms with E-state index in [4.69, 9.17) is 28.9 Å². The van der Waals surface area contributed by atoms with Gasteiger partial charge in [-0.15, -0.1) is 15.3 Å². The minimum atomic E-state index is -0.603. The van der Waals surface area contributed by atoms with Crippen LogP contribution in [0, 0.1) is 0 Å². The van der Waals surface area contributed by atoms with Crippen LogP contribution in [0.5, 0.6) is 0 Å². The quantitative estimate of drug-likeness (QED) is 0.214. The van der Waals surface area contributed by atoms with Gasteiger partial charge in [0.15, 0.2) is 10.9 Å². The number of anilines is 1. The second-order valence-corrected chi connectivity index (χ2v) is 8.33. The Balaban J connectivity index is 1.62. The summed E-state index contributed by atoms with van der Waals surface area (Å²) in [5.74, 6) is -0.277. The largest absolute Gasteiger partial charge is 0.378 e. The van der Waals surface area contributed by atoms with Crippen molar-refractivity contribution in [1.82, 2.24) is 45.5 Å². The molecule has 4 rings (SSSR count). The minimum Gasteiger partial charge on any atom is -0.378 e. The fourth-order valence-corrected chi connectivity index (χ4v) is 4.11. The van der Waals surface area contributed by atoms with Gasteiger partial charge in [0.1, 0.15) is 6.33 Å². The van der Waals surface area contributed by atoms with Crippen LogP contribution >= 0.6 is 35.0 Å². The number of aromatic nitrogens is 8. The second-order valence-electron chi connectivity index (χ2n) is 6.55. The molecular weight excluding hydrogens is 493 g/mol. The normalized spacial score (nSPS) is 11.7. The maximum absolute atomic E-state index is 12.9. The fraction of sp³-hybridized carbons (Fsp3) is 0.176. The SMILES string of the molecule is CC(=NNC(=O)c1nnn(-c2nonc2N)c1CSc1nncn1C)c1ccc(Cl)cc1Cl. The number of amides is 1. The van der Waals surface area contributed by atoms with Crippen molar-refractivity contribution in [2.45, 2.75) is 17.8 Å². The summed E-state index contributed by atoms with van der Waals surface area (Å²) in [6.07, 6.45) is 1.56. The van der Waals surface area contributed by atoms with Crippen molar-refractivity contribution >= 4 is 52.4 Å². The average Bonchev–Trinajstić information content (AvgIpc) is 3.49. The zero-order valence-electron chi connectivity index (χ0n) is 17.1. The summed E-state index contributed by atoms with van der Waals surface area (Å²) in [5.41, 5.74) is 9.73. The molecule has 3 aromatic heterocycles. The first-order valence-electron chi connectivity index (χ1n) is 9.15. The Morgan fingerprint density at radius 3 is 2.79 bits per heavy atom. The number of rotatable bonds is 7. The Kier molecular flexibility index (Phi) is 6.57. The van der Waals surface area contributed by atoms with Crippen LogP contribution in [0.4, 0.5) is 5.82 Å². The van der Waals surface area contributed by atoms with E-state index >= 15 is 0 Å². The lowest BCUT2D eigenvalue weighted by Gasteiger charge is -2.06. The molecule has 0 atom stereocenters. The van der Waals surface area contributed by atoms with Crippen LogP contribution in [0.1, 0.15) is 28.7 Å². The fourth-order valence-electron chi connectivity index (χ4n) is 2.68. The number of benzene rings is 1. The molecule has 170 valence electrons. The Morgan fingerprint density at radius 2 is 2.12 bits per heavy atom. The van der Waals surface area contributed by atoms with E-state index < -0.39 is 5.91 Å². The van der Waals surface area contributed by atoms with Crippen LogP contribution in [-0.4, -0.2) is 51.7 Å². The highest BCUT2D eigenvalue weighted by molar-refractivity contribution is 7.98. The van der Waals surface area contributed by atoms with Crippen LogP contribution in [0.3, 0.4) is 0 Å². The van der Waals surface area contributed by atoms with Crippen molar-refractivity contribution < 1.29 is 9.42 Å². The zero-order valence-corrected chi connectivity index (χ0v) is 19.4. The van der Waals surface area contributed by atoms with Crippen molar-refractivity contribution in [3.05, 3.63) is 51.5 Å². The maximum atomic E-state index is 12.9. The molecular formula is C17H15Cl2N11O2S. The molecule has 0 aliphatic rings. The predicted molar refractivity (Wildman–Crippen MR) is 120 cm³/mol. The summed E-state index contributed by atoms with van der Waals surface area (Å²) in [6.45, 7) is 1.69. The molecule has 0 saturated heterocycles. The van der Waals surface area contributed by atoms with E-state index in [1.54, 1.807) is 43.1 Å². The summed E-state index contributed by atoms with van der Waals surface area (Å²) in [7, 11) is 1.80. The number of halogens is 2. The number of hydrogen-bond acceptors (Lipinski definition) is 11. The summed E-state index contributed by atoms with van der Waals surface area (Å²) < 4.78 is 7.66. The van der Waals surface area contributed by atoms with Gasteiger partial charge in [0.2, 0.25) is 11.6 Å². The molecule has 1 amide bonds. The lowest BCUT2D eigenvalue weighted by atomic mass is 10.1. The highest BCUT2D eigenvalue weighted by Gasteiger charge is 2.24. The Bertz CT molecular complexity index is 1350. The van der Waals surface area contributed by atoms with E-state index in [1.807, 2.05) is 0 Å². The lowest BCUT2D eigenvalue weighted by Crippen LogP contribution is -2.21. The number of carbonyl (C=O) groups is 1. The lowest BCUT2D eigenvalue weighted by molar-refractivity contribution is 0.0949. The molecule has 3 heterocycles. The van der Waals surface area contributed by atoms with Crippen LogP contribution < -0.4 is 11.2 Å². The molecule has 3 N–H and O–H groups in total. The van der Waals surface area contributed by atoms with Gasteiger partial charge in [-0.25, -0.2) is 10.1 Å². The van der Waals surface area contributed by atoms with Gasteiger partial charge in [0, 0.05) is 23.4 Å². The van der Waals surface area contributed by atoms with Crippen molar-refractivity contribution in [3.8, 4) is 5.82 Å². The molecule has 0 saturated carbocycles. The Morgan fingerprint density at radius 1 is 1.30 bits per heavy atom. The number of thioether (sulfide) groups is 1. The summed E-state index contributed by atoms with van der Waals surface area (Å²) in [5, 5.41) is 28.7. The molecule has 0 bridgehead atoms. The molecule has 13 nitrogen and oxygen atoms in total. The van der Waals surface area contributed by atoms with Crippen LogP contribution in [0.15, 0.2) is 39.4 Å². The van der Waals surface area contributed by atoms with Crippen molar-refractivity contribution in [2.75, 3.05) is 5.73 Å². The number of nitrogens with one attached hydrogen (secondary N) is 1. The molecule has 0 aliphatic carbocycles. The van der Waals surface area contributed by atoms with Gasteiger partial charge >= 0.3 is 0 Å². The van der Waals surface area contributed by atoms with Gasteiger partial charge < -0.3 is 10.3 Å². The number of carbonyl (C=O) groups excluding carboxylic acids is 1. The molecule has 0 radical (unpaired) electrons. The van der Waals surface area contributed by atoms with Crippen molar-refractivity contribution in [3.63, 3.8) is 0 Å². The smallest absolute Gasteiger partial charge is 0.293 e. The molecule has 0 spiro atoms. The Labute approximate surface area is 200 Å². The van der Waals surface area contributed by atoms with Gasteiger partial charge in [-0.1, -0.05) is 46.2 Å². The van der Waals surface area contributed by atoms with Gasteiger partial charge in [-0.3, -0.25) is 4.79 Å². The zero-order chi connectivity index (χ0) is 23.5. The third-order valence-corrected chi connectivity index (χ3v) is 5.92. The molecule has 16 heteroatoms. The number of hydrogen-bond donors (Lipinski definition) is 2. The number of aryl methyl sites for hydroxylation is 1. The van der Waals surface area contributed by atoms with E-state index in [-0.39, 0.29) is 23.1 Å².